The Bertz CT molecular complexity index is 341. The average Bonchev–Trinajstić information content (AvgIpc) is 2.20. The van der Waals surface area contributed by atoms with E-state index in [1.165, 1.54) is 7.11 Å². The van der Waals surface area contributed by atoms with E-state index in [-0.39, 0.29) is 0 Å². The highest BCUT2D eigenvalue weighted by Gasteiger charge is 2.12. The standard InChI is InChI=1S/C9H10BrNO3/c1-13-9(12)6-3-2-4-7(8(6)11)14-5-10/h2-4H,5,11H2,1H3. The Morgan fingerprint density at radius 1 is 1.57 bits per heavy atom. The average molecular weight is 260 g/mol. The number of halogens is 1. The number of esters is 1. The highest BCUT2D eigenvalue weighted by molar-refractivity contribution is 9.09. The van der Waals surface area contributed by atoms with E-state index in [9.17, 15) is 4.79 Å². The van der Waals surface area contributed by atoms with Gasteiger partial charge in [-0.25, -0.2) is 4.79 Å². The third-order valence-electron chi connectivity index (χ3n) is 1.68. The minimum absolute atomic E-state index is 0.291. The maximum atomic E-state index is 11.2. The molecule has 1 aromatic rings. The number of hydrogen-bond acceptors (Lipinski definition) is 4. The molecule has 76 valence electrons. The SMILES string of the molecule is COC(=O)c1cccc(OCBr)c1N. The van der Waals surface area contributed by atoms with Gasteiger partial charge >= 0.3 is 5.97 Å². The predicted octanol–water partition coefficient (Wildman–Crippen LogP) is 1.79. The van der Waals surface area contributed by atoms with Crippen LogP contribution < -0.4 is 10.5 Å². The second-order valence-corrected chi connectivity index (χ2v) is 2.92. The largest absolute Gasteiger partial charge is 0.480 e. The molecule has 0 heterocycles. The zero-order chi connectivity index (χ0) is 10.6. The van der Waals surface area contributed by atoms with Crippen LogP contribution in [0.5, 0.6) is 5.75 Å². The van der Waals surface area contributed by atoms with E-state index in [4.69, 9.17) is 10.5 Å². The smallest absolute Gasteiger partial charge is 0.340 e. The van der Waals surface area contributed by atoms with E-state index in [0.29, 0.717) is 22.5 Å². The number of nitrogens with two attached hydrogens (primary N) is 1. The van der Waals surface area contributed by atoms with E-state index in [1.54, 1.807) is 18.2 Å². The van der Waals surface area contributed by atoms with E-state index in [1.807, 2.05) is 0 Å². The van der Waals surface area contributed by atoms with Crippen LogP contribution in [0.2, 0.25) is 0 Å². The molecule has 0 fully saturated rings. The van der Waals surface area contributed by atoms with Gasteiger partial charge in [-0.1, -0.05) is 6.07 Å². The lowest BCUT2D eigenvalue weighted by Crippen LogP contribution is -2.07. The van der Waals surface area contributed by atoms with Crippen LogP contribution in [0.25, 0.3) is 0 Å². The van der Waals surface area contributed by atoms with Gasteiger partial charge in [0.1, 0.15) is 11.3 Å². The summed E-state index contributed by atoms with van der Waals surface area (Å²) in [5, 5.41) is 0. The van der Waals surface area contributed by atoms with Crippen LogP contribution in [0.4, 0.5) is 5.69 Å². The Hall–Kier alpha value is -1.23. The number of benzene rings is 1. The monoisotopic (exact) mass is 259 g/mol. The number of carbonyl (C=O) groups excluding carboxylic acids is 1. The molecule has 2 N–H and O–H groups in total. The Balaban J connectivity index is 3.07. The molecule has 0 aromatic heterocycles. The molecule has 5 heteroatoms. The van der Waals surface area contributed by atoms with Gasteiger partial charge in [0.05, 0.1) is 18.4 Å². The number of carbonyl (C=O) groups is 1. The van der Waals surface area contributed by atoms with Gasteiger partial charge in [-0.15, -0.1) is 0 Å². The Morgan fingerprint density at radius 2 is 2.29 bits per heavy atom. The number of ether oxygens (including phenoxy) is 2. The van der Waals surface area contributed by atoms with Crippen molar-refractivity contribution in [2.45, 2.75) is 0 Å². The lowest BCUT2D eigenvalue weighted by molar-refractivity contribution is 0.0601. The van der Waals surface area contributed by atoms with Gasteiger partial charge in [-0.3, -0.25) is 0 Å². The molecule has 0 saturated carbocycles. The molecule has 0 aliphatic rings. The van der Waals surface area contributed by atoms with Crippen LogP contribution in [0, 0.1) is 0 Å². The van der Waals surface area contributed by atoms with Crippen LogP contribution in [-0.4, -0.2) is 18.6 Å². The summed E-state index contributed by atoms with van der Waals surface area (Å²) in [7, 11) is 1.31. The van der Waals surface area contributed by atoms with Crippen LogP contribution in [0.1, 0.15) is 10.4 Å². The number of anilines is 1. The third-order valence-corrected chi connectivity index (χ3v) is 1.91. The fourth-order valence-electron chi connectivity index (χ4n) is 1.02. The van der Waals surface area contributed by atoms with Crippen LogP contribution in [0.15, 0.2) is 18.2 Å². The first-order valence-electron chi connectivity index (χ1n) is 3.86. The van der Waals surface area contributed by atoms with Gasteiger partial charge in [0.2, 0.25) is 0 Å². The fraction of sp³-hybridized carbons (Fsp3) is 0.222. The van der Waals surface area contributed by atoms with Gasteiger partial charge in [-0.05, 0) is 28.1 Å². The molecule has 4 nitrogen and oxygen atoms in total. The molecule has 0 aliphatic carbocycles. The highest BCUT2D eigenvalue weighted by atomic mass is 79.9. The summed E-state index contributed by atoms with van der Waals surface area (Å²) in [6.45, 7) is 0. The van der Waals surface area contributed by atoms with Crippen molar-refractivity contribution in [2.75, 3.05) is 18.4 Å². The molecule has 0 aliphatic heterocycles. The molecule has 0 atom stereocenters. The molecule has 0 saturated heterocycles. The number of para-hydroxylation sites is 1. The first-order valence-corrected chi connectivity index (χ1v) is 4.98. The number of alkyl halides is 1. The third kappa shape index (κ3) is 2.17. The van der Waals surface area contributed by atoms with Crippen molar-refractivity contribution < 1.29 is 14.3 Å². The first kappa shape index (κ1) is 10.8. The van der Waals surface area contributed by atoms with Crippen molar-refractivity contribution in [2.24, 2.45) is 0 Å². The molecule has 14 heavy (non-hydrogen) atoms. The van der Waals surface area contributed by atoms with Crippen LogP contribution >= 0.6 is 15.9 Å². The summed E-state index contributed by atoms with van der Waals surface area (Å²) in [6, 6.07) is 4.95. The topological polar surface area (TPSA) is 61.5 Å². The number of hydrogen-bond donors (Lipinski definition) is 1. The number of nitrogen functional groups attached to an aromatic ring is 1. The molecule has 0 unspecified atom stereocenters. The van der Waals surface area contributed by atoms with Gasteiger partial charge < -0.3 is 15.2 Å². The van der Waals surface area contributed by atoms with Gasteiger partial charge in [-0.2, -0.15) is 0 Å². The van der Waals surface area contributed by atoms with Crippen molar-refractivity contribution in [3.63, 3.8) is 0 Å². The second kappa shape index (κ2) is 4.85. The van der Waals surface area contributed by atoms with E-state index in [2.05, 4.69) is 20.7 Å². The molecule has 0 bridgehead atoms. The summed E-state index contributed by atoms with van der Waals surface area (Å²) in [5.74, 6) is -0.00713. The van der Waals surface area contributed by atoms with Gasteiger partial charge in [0.25, 0.3) is 0 Å². The van der Waals surface area contributed by atoms with E-state index >= 15 is 0 Å². The molecule has 1 aromatic carbocycles. The highest BCUT2D eigenvalue weighted by Crippen LogP contribution is 2.25. The van der Waals surface area contributed by atoms with Crippen LogP contribution in [-0.2, 0) is 4.74 Å². The lowest BCUT2D eigenvalue weighted by Gasteiger charge is -2.08. The first-order chi connectivity index (χ1) is 6.70. The molecule has 1 rings (SSSR count). The molecule has 0 amide bonds. The van der Waals surface area contributed by atoms with E-state index < -0.39 is 5.97 Å². The number of rotatable bonds is 3. The summed E-state index contributed by atoms with van der Waals surface area (Å²) in [4.78, 5) is 11.2. The van der Waals surface area contributed by atoms with E-state index in [0.717, 1.165) is 0 Å². The summed E-state index contributed by atoms with van der Waals surface area (Å²) < 4.78 is 9.72. The molecular formula is C9H10BrNO3. The predicted molar refractivity (Wildman–Crippen MR) is 56.6 cm³/mol. The summed E-state index contributed by atoms with van der Waals surface area (Å²) in [6.07, 6.45) is 0. The summed E-state index contributed by atoms with van der Waals surface area (Å²) >= 11 is 3.10. The van der Waals surface area contributed by atoms with Crippen molar-refractivity contribution in [1.82, 2.24) is 0 Å². The lowest BCUT2D eigenvalue weighted by atomic mass is 10.1. The number of methoxy groups -OCH3 is 1. The fourth-order valence-corrected chi connectivity index (χ4v) is 1.26. The second-order valence-electron chi connectivity index (χ2n) is 2.46. The van der Waals surface area contributed by atoms with Crippen molar-refractivity contribution in [3.05, 3.63) is 23.8 Å². The van der Waals surface area contributed by atoms with Crippen LogP contribution in [0.3, 0.4) is 0 Å². The normalized spacial score (nSPS) is 9.57. The Labute approximate surface area is 90.1 Å². The van der Waals surface area contributed by atoms with Gasteiger partial charge in [0, 0.05) is 0 Å². The van der Waals surface area contributed by atoms with Crippen molar-refractivity contribution in [3.8, 4) is 5.75 Å². The van der Waals surface area contributed by atoms with Crippen molar-refractivity contribution in [1.29, 1.82) is 0 Å². The van der Waals surface area contributed by atoms with Crippen molar-refractivity contribution >= 4 is 27.6 Å². The zero-order valence-electron chi connectivity index (χ0n) is 7.62. The van der Waals surface area contributed by atoms with Gasteiger partial charge in [0.15, 0.2) is 0 Å². The maximum absolute atomic E-state index is 11.2. The zero-order valence-corrected chi connectivity index (χ0v) is 9.21. The Kier molecular flexibility index (Phi) is 3.76. The quantitative estimate of drug-likeness (QED) is 0.511. The molecular weight excluding hydrogens is 250 g/mol. The minimum atomic E-state index is -0.470. The molecule has 0 radical (unpaired) electrons. The Morgan fingerprint density at radius 3 is 2.86 bits per heavy atom. The maximum Gasteiger partial charge on any atom is 0.340 e. The summed E-state index contributed by atoms with van der Waals surface area (Å²) in [5.41, 5.74) is 6.62. The minimum Gasteiger partial charge on any atom is -0.480 e. The molecule has 0 spiro atoms.